The van der Waals surface area contributed by atoms with Crippen LogP contribution < -0.4 is 10.1 Å². The minimum atomic E-state index is -0.612. The first-order chi connectivity index (χ1) is 11.3. The van der Waals surface area contributed by atoms with Crippen LogP contribution >= 0.6 is 11.6 Å². The van der Waals surface area contributed by atoms with Gasteiger partial charge in [0.25, 0.3) is 5.91 Å². The molecular formula is C17H24ClNO5. The third kappa shape index (κ3) is 6.76. The maximum Gasteiger partial charge on any atom is 0.344 e. The molecule has 0 saturated carbocycles. The summed E-state index contributed by atoms with van der Waals surface area (Å²) >= 11 is 6.13. The Kier molecular flexibility index (Phi) is 8.57. The topological polar surface area (TPSA) is 73.9 Å². The molecule has 1 rings (SSSR count). The molecule has 0 aromatic heterocycles. The summed E-state index contributed by atoms with van der Waals surface area (Å²) in [5.41, 5.74) is 1.78. The third-order valence-electron chi connectivity index (χ3n) is 3.25. The van der Waals surface area contributed by atoms with Crippen molar-refractivity contribution in [2.75, 3.05) is 33.5 Å². The van der Waals surface area contributed by atoms with E-state index in [1.54, 1.807) is 6.07 Å². The van der Waals surface area contributed by atoms with E-state index in [1.807, 2.05) is 26.8 Å². The van der Waals surface area contributed by atoms with Crippen LogP contribution in [-0.4, -0.2) is 45.4 Å². The highest BCUT2D eigenvalue weighted by Gasteiger charge is 2.14. The molecule has 1 amide bonds. The van der Waals surface area contributed by atoms with E-state index < -0.39 is 5.97 Å². The minimum absolute atomic E-state index is 0.195. The number of halogens is 1. The van der Waals surface area contributed by atoms with Crippen molar-refractivity contribution >= 4 is 23.5 Å². The third-order valence-corrected chi connectivity index (χ3v) is 3.66. The lowest BCUT2D eigenvalue weighted by molar-refractivity contribution is -0.150. The quantitative estimate of drug-likeness (QED) is 0.543. The van der Waals surface area contributed by atoms with Crippen molar-refractivity contribution < 1.29 is 23.8 Å². The Hall–Kier alpha value is -1.79. The normalized spacial score (nSPS) is 10.6. The number of ether oxygens (including phenoxy) is 3. The summed E-state index contributed by atoms with van der Waals surface area (Å²) in [6.07, 6.45) is 0. The van der Waals surface area contributed by atoms with E-state index in [-0.39, 0.29) is 25.0 Å². The Morgan fingerprint density at radius 2 is 1.96 bits per heavy atom. The standard InChI is InChI=1S/C17H24ClNO5/c1-11(2)13-8-14(18)12(3)7-15(13)23-10-17(21)24-9-16(20)19-5-6-22-4/h7-8,11H,5-6,9-10H2,1-4H3,(H,19,20). The molecule has 0 fully saturated rings. The van der Waals surface area contributed by atoms with Gasteiger partial charge in [-0.05, 0) is 36.1 Å². The van der Waals surface area contributed by atoms with E-state index in [2.05, 4.69) is 5.32 Å². The predicted octanol–water partition coefficient (Wildman–Crippen LogP) is 2.46. The number of benzene rings is 1. The van der Waals surface area contributed by atoms with Crippen molar-refractivity contribution in [1.82, 2.24) is 5.32 Å². The second kappa shape index (κ2) is 10.2. The molecule has 0 spiro atoms. The van der Waals surface area contributed by atoms with Crippen molar-refractivity contribution in [3.05, 3.63) is 28.3 Å². The predicted molar refractivity (Wildman–Crippen MR) is 91.6 cm³/mol. The van der Waals surface area contributed by atoms with E-state index in [0.717, 1.165) is 11.1 Å². The number of nitrogens with one attached hydrogen (secondary N) is 1. The van der Waals surface area contributed by atoms with Gasteiger partial charge in [-0.2, -0.15) is 0 Å². The van der Waals surface area contributed by atoms with Gasteiger partial charge in [-0.25, -0.2) is 4.79 Å². The van der Waals surface area contributed by atoms with Crippen molar-refractivity contribution in [3.63, 3.8) is 0 Å². The molecule has 1 aromatic carbocycles. The van der Waals surface area contributed by atoms with Gasteiger partial charge < -0.3 is 19.5 Å². The van der Waals surface area contributed by atoms with Crippen molar-refractivity contribution in [1.29, 1.82) is 0 Å². The zero-order valence-corrected chi connectivity index (χ0v) is 15.2. The van der Waals surface area contributed by atoms with Crippen molar-refractivity contribution in [2.24, 2.45) is 0 Å². The summed E-state index contributed by atoms with van der Waals surface area (Å²) < 4.78 is 15.2. The van der Waals surface area contributed by atoms with Gasteiger partial charge in [0.1, 0.15) is 5.75 Å². The SMILES string of the molecule is COCCNC(=O)COC(=O)COc1cc(C)c(Cl)cc1C(C)C. The van der Waals surface area contributed by atoms with E-state index in [4.69, 9.17) is 25.8 Å². The Morgan fingerprint density at radius 1 is 1.25 bits per heavy atom. The average molecular weight is 358 g/mol. The molecule has 0 heterocycles. The smallest absolute Gasteiger partial charge is 0.344 e. The van der Waals surface area contributed by atoms with Gasteiger partial charge in [-0.15, -0.1) is 0 Å². The molecule has 1 aromatic rings. The second-order valence-electron chi connectivity index (χ2n) is 5.59. The Balaban J connectivity index is 2.50. The highest BCUT2D eigenvalue weighted by Crippen LogP contribution is 2.31. The van der Waals surface area contributed by atoms with Crippen LogP contribution in [0.1, 0.15) is 30.9 Å². The van der Waals surface area contributed by atoms with Gasteiger partial charge >= 0.3 is 5.97 Å². The first kappa shape index (κ1) is 20.3. The van der Waals surface area contributed by atoms with Crippen molar-refractivity contribution in [2.45, 2.75) is 26.7 Å². The first-order valence-corrected chi connectivity index (χ1v) is 8.07. The molecule has 0 radical (unpaired) electrons. The van der Waals surface area contributed by atoms with Crippen LogP contribution in [0, 0.1) is 6.92 Å². The zero-order valence-electron chi connectivity index (χ0n) is 14.5. The monoisotopic (exact) mass is 357 g/mol. The van der Waals surface area contributed by atoms with Crippen LogP contribution in [0.3, 0.4) is 0 Å². The fourth-order valence-corrected chi connectivity index (χ4v) is 2.09. The second-order valence-corrected chi connectivity index (χ2v) is 5.99. The minimum Gasteiger partial charge on any atom is -0.482 e. The molecule has 1 N–H and O–H groups in total. The number of amides is 1. The highest BCUT2D eigenvalue weighted by molar-refractivity contribution is 6.31. The van der Waals surface area contributed by atoms with Crippen LogP contribution in [-0.2, 0) is 19.1 Å². The Morgan fingerprint density at radius 3 is 2.58 bits per heavy atom. The fourth-order valence-electron chi connectivity index (χ4n) is 1.91. The summed E-state index contributed by atoms with van der Waals surface area (Å²) in [7, 11) is 1.54. The lowest BCUT2D eigenvalue weighted by Gasteiger charge is -2.15. The van der Waals surface area contributed by atoms with Crippen LogP contribution in [0.2, 0.25) is 5.02 Å². The number of methoxy groups -OCH3 is 1. The van der Waals surface area contributed by atoms with E-state index in [0.29, 0.717) is 23.9 Å². The zero-order chi connectivity index (χ0) is 18.1. The molecule has 134 valence electrons. The van der Waals surface area contributed by atoms with E-state index in [1.165, 1.54) is 7.11 Å². The molecule has 6 nitrogen and oxygen atoms in total. The van der Waals surface area contributed by atoms with Gasteiger partial charge in [0.15, 0.2) is 13.2 Å². The number of hydrogen-bond donors (Lipinski definition) is 1. The lowest BCUT2D eigenvalue weighted by Crippen LogP contribution is -2.32. The summed E-state index contributed by atoms with van der Waals surface area (Å²) in [4.78, 5) is 23.1. The Bertz CT molecular complexity index is 574. The first-order valence-electron chi connectivity index (χ1n) is 7.69. The van der Waals surface area contributed by atoms with Gasteiger partial charge in [0.05, 0.1) is 6.61 Å². The molecule has 0 unspecified atom stereocenters. The molecule has 7 heteroatoms. The lowest BCUT2D eigenvalue weighted by atomic mass is 10.0. The van der Waals surface area contributed by atoms with Crippen LogP contribution in [0.5, 0.6) is 5.75 Å². The maximum atomic E-state index is 11.7. The van der Waals surface area contributed by atoms with Crippen LogP contribution in [0.15, 0.2) is 12.1 Å². The number of hydrogen-bond acceptors (Lipinski definition) is 5. The van der Waals surface area contributed by atoms with Crippen LogP contribution in [0.4, 0.5) is 0 Å². The summed E-state index contributed by atoms with van der Waals surface area (Å²) in [6, 6.07) is 3.63. The number of rotatable bonds is 9. The molecule has 0 atom stereocenters. The molecular weight excluding hydrogens is 334 g/mol. The maximum absolute atomic E-state index is 11.7. The summed E-state index contributed by atoms with van der Waals surface area (Å²) in [6.45, 7) is 6.03. The molecule has 0 aliphatic heterocycles. The fraction of sp³-hybridized carbons (Fsp3) is 0.529. The van der Waals surface area contributed by atoms with Crippen LogP contribution in [0.25, 0.3) is 0 Å². The van der Waals surface area contributed by atoms with E-state index in [9.17, 15) is 9.59 Å². The van der Waals surface area contributed by atoms with E-state index >= 15 is 0 Å². The largest absolute Gasteiger partial charge is 0.482 e. The molecule has 0 saturated heterocycles. The molecule has 0 bridgehead atoms. The van der Waals surface area contributed by atoms with Crippen molar-refractivity contribution in [3.8, 4) is 5.75 Å². The van der Waals surface area contributed by atoms with Gasteiger partial charge in [0, 0.05) is 18.7 Å². The van der Waals surface area contributed by atoms with Gasteiger partial charge in [0.2, 0.25) is 0 Å². The average Bonchev–Trinajstić information content (AvgIpc) is 2.53. The van der Waals surface area contributed by atoms with Gasteiger partial charge in [-0.3, -0.25) is 4.79 Å². The number of carbonyl (C=O) groups excluding carboxylic acids is 2. The molecule has 24 heavy (non-hydrogen) atoms. The molecule has 0 aliphatic rings. The molecule has 0 aliphatic carbocycles. The number of esters is 1. The number of aryl methyl sites for hydroxylation is 1. The number of carbonyl (C=O) groups is 2. The Labute approximate surface area is 147 Å². The summed E-state index contributed by atoms with van der Waals surface area (Å²) in [5.74, 6) is -0.209. The summed E-state index contributed by atoms with van der Waals surface area (Å²) in [5, 5.41) is 3.21. The van der Waals surface area contributed by atoms with Gasteiger partial charge in [-0.1, -0.05) is 25.4 Å². The highest BCUT2D eigenvalue weighted by atomic mass is 35.5.